The summed E-state index contributed by atoms with van der Waals surface area (Å²) in [5, 5.41) is 2.81. The van der Waals surface area contributed by atoms with Crippen LogP contribution in [0.1, 0.15) is 31.1 Å². The standard InChI is InChI=1S/C15H20BrNO4/c1-9(2)7-17-15(19)10(3)21-14-12(16)5-11(8-18)6-13(14)20-4/h5-6,8-10H,7H2,1-4H3,(H,17,19). The van der Waals surface area contributed by atoms with Gasteiger partial charge in [-0.2, -0.15) is 0 Å². The van der Waals surface area contributed by atoms with Crippen molar-refractivity contribution < 1.29 is 19.1 Å². The average molecular weight is 358 g/mol. The largest absolute Gasteiger partial charge is 0.493 e. The highest BCUT2D eigenvalue weighted by molar-refractivity contribution is 9.10. The summed E-state index contributed by atoms with van der Waals surface area (Å²) in [5.74, 6) is 0.969. The van der Waals surface area contributed by atoms with Crippen LogP contribution < -0.4 is 14.8 Å². The molecule has 21 heavy (non-hydrogen) atoms. The lowest BCUT2D eigenvalue weighted by atomic mass is 10.2. The van der Waals surface area contributed by atoms with Crippen molar-refractivity contribution in [3.8, 4) is 11.5 Å². The van der Waals surface area contributed by atoms with Crippen molar-refractivity contribution in [2.24, 2.45) is 5.92 Å². The topological polar surface area (TPSA) is 64.6 Å². The predicted octanol–water partition coefficient (Wildman–Crippen LogP) is 2.81. The lowest BCUT2D eigenvalue weighted by Gasteiger charge is -2.18. The van der Waals surface area contributed by atoms with E-state index in [0.717, 1.165) is 6.29 Å². The highest BCUT2D eigenvalue weighted by Gasteiger charge is 2.19. The Hall–Kier alpha value is -1.56. The molecule has 1 rings (SSSR count). The van der Waals surface area contributed by atoms with E-state index >= 15 is 0 Å². The van der Waals surface area contributed by atoms with Gasteiger partial charge in [0.05, 0.1) is 11.6 Å². The fourth-order valence-corrected chi connectivity index (χ4v) is 2.15. The molecule has 1 atom stereocenters. The first-order valence-electron chi connectivity index (χ1n) is 6.66. The number of hydrogen-bond donors (Lipinski definition) is 1. The maximum absolute atomic E-state index is 11.9. The second kappa shape index (κ2) is 8.02. The molecule has 0 saturated heterocycles. The minimum atomic E-state index is -0.670. The molecule has 0 aromatic heterocycles. The average Bonchev–Trinajstić information content (AvgIpc) is 2.46. The fourth-order valence-electron chi connectivity index (χ4n) is 1.60. The van der Waals surface area contributed by atoms with E-state index < -0.39 is 6.10 Å². The Bertz CT molecular complexity index is 517. The minimum absolute atomic E-state index is 0.197. The zero-order chi connectivity index (χ0) is 16.0. The highest BCUT2D eigenvalue weighted by atomic mass is 79.9. The van der Waals surface area contributed by atoms with Crippen LogP contribution in [0.25, 0.3) is 0 Å². The SMILES string of the molecule is COc1cc(C=O)cc(Br)c1OC(C)C(=O)NCC(C)C. The van der Waals surface area contributed by atoms with Crippen LogP contribution in [-0.4, -0.2) is 32.0 Å². The fraction of sp³-hybridized carbons (Fsp3) is 0.467. The quantitative estimate of drug-likeness (QED) is 0.762. The Balaban J connectivity index is 2.86. The van der Waals surface area contributed by atoms with Crippen molar-refractivity contribution in [1.82, 2.24) is 5.32 Å². The Kier molecular flexibility index (Phi) is 6.68. The molecule has 1 amide bonds. The molecule has 0 saturated carbocycles. The molecule has 0 heterocycles. The van der Waals surface area contributed by atoms with Crippen LogP contribution in [0.2, 0.25) is 0 Å². The van der Waals surface area contributed by atoms with E-state index in [9.17, 15) is 9.59 Å². The first-order valence-corrected chi connectivity index (χ1v) is 7.45. The number of methoxy groups -OCH3 is 1. The number of aldehydes is 1. The molecule has 1 aromatic carbocycles. The number of benzene rings is 1. The second-order valence-electron chi connectivity index (χ2n) is 5.05. The van der Waals surface area contributed by atoms with Gasteiger partial charge < -0.3 is 14.8 Å². The lowest BCUT2D eigenvalue weighted by molar-refractivity contribution is -0.127. The molecule has 0 aliphatic rings. The molecule has 5 nitrogen and oxygen atoms in total. The summed E-state index contributed by atoms with van der Waals surface area (Å²) >= 11 is 3.32. The van der Waals surface area contributed by atoms with E-state index in [2.05, 4.69) is 21.2 Å². The summed E-state index contributed by atoms with van der Waals surface area (Å²) < 4.78 is 11.4. The molecule has 0 spiro atoms. The predicted molar refractivity (Wildman–Crippen MR) is 84.0 cm³/mol. The van der Waals surface area contributed by atoms with Gasteiger partial charge in [0.1, 0.15) is 6.29 Å². The normalized spacial score (nSPS) is 11.9. The summed E-state index contributed by atoms with van der Waals surface area (Å²) in [6.07, 6.45) is 0.0477. The van der Waals surface area contributed by atoms with Crippen molar-refractivity contribution in [2.45, 2.75) is 26.9 Å². The second-order valence-corrected chi connectivity index (χ2v) is 5.91. The summed E-state index contributed by atoms with van der Waals surface area (Å²) in [4.78, 5) is 22.8. The maximum atomic E-state index is 11.9. The molecule has 1 aromatic rings. The molecule has 0 bridgehead atoms. The monoisotopic (exact) mass is 357 g/mol. The number of amides is 1. The first kappa shape index (κ1) is 17.5. The van der Waals surface area contributed by atoms with Gasteiger partial charge in [-0.3, -0.25) is 9.59 Å². The van der Waals surface area contributed by atoms with Crippen LogP contribution in [-0.2, 0) is 4.79 Å². The van der Waals surface area contributed by atoms with Crippen LogP contribution >= 0.6 is 15.9 Å². The third kappa shape index (κ3) is 5.04. The molecule has 116 valence electrons. The minimum Gasteiger partial charge on any atom is -0.493 e. The highest BCUT2D eigenvalue weighted by Crippen LogP contribution is 2.36. The number of nitrogens with one attached hydrogen (secondary N) is 1. The number of halogens is 1. The Morgan fingerprint density at radius 1 is 1.38 bits per heavy atom. The van der Waals surface area contributed by atoms with Crippen LogP contribution in [0.15, 0.2) is 16.6 Å². The first-order chi connectivity index (χ1) is 9.88. The van der Waals surface area contributed by atoms with Gasteiger partial charge in [-0.05, 0) is 40.9 Å². The molecular weight excluding hydrogens is 338 g/mol. The van der Waals surface area contributed by atoms with Crippen LogP contribution in [0.3, 0.4) is 0 Å². The third-order valence-corrected chi connectivity index (χ3v) is 3.33. The van der Waals surface area contributed by atoms with E-state index in [0.29, 0.717) is 34.0 Å². The smallest absolute Gasteiger partial charge is 0.260 e. The van der Waals surface area contributed by atoms with Crippen molar-refractivity contribution in [3.63, 3.8) is 0 Å². The molecular formula is C15H20BrNO4. The van der Waals surface area contributed by atoms with E-state index in [4.69, 9.17) is 9.47 Å². The van der Waals surface area contributed by atoms with E-state index in [-0.39, 0.29) is 5.91 Å². The zero-order valence-corrected chi connectivity index (χ0v) is 14.2. The van der Waals surface area contributed by atoms with Crippen LogP contribution in [0, 0.1) is 5.92 Å². The van der Waals surface area contributed by atoms with Gasteiger partial charge in [0, 0.05) is 12.1 Å². The van der Waals surface area contributed by atoms with Crippen molar-refractivity contribution in [3.05, 3.63) is 22.2 Å². The molecule has 1 unspecified atom stereocenters. The van der Waals surface area contributed by atoms with Gasteiger partial charge in [-0.15, -0.1) is 0 Å². The number of carbonyl (C=O) groups is 2. The molecule has 0 aliphatic heterocycles. The Morgan fingerprint density at radius 3 is 2.57 bits per heavy atom. The summed E-state index contributed by atoms with van der Waals surface area (Å²) in [7, 11) is 1.48. The summed E-state index contributed by atoms with van der Waals surface area (Å²) in [5.41, 5.74) is 0.461. The zero-order valence-electron chi connectivity index (χ0n) is 12.6. The van der Waals surface area contributed by atoms with Gasteiger partial charge in [-0.1, -0.05) is 13.8 Å². The van der Waals surface area contributed by atoms with E-state index in [1.54, 1.807) is 19.1 Å². The molecule has 6 heteroatoms. The van der Waals surface area contributed by atoms with E-state index in [1.165, 1.54) is 7.11 Å². The van der Waals surface area contributed by atoms with Gasteiger partial charge in [-0.25, -0.2) is 0 Å². The van der Waals surface area contributed by atoms with E-state index in [1.807, 2.05) is 13.8 Å². The Morgan fingerprint density at radius 2 is 2.05 bits per heavy atom. The summed E-state index contributed by atoms with van der Waals surface area (Å²) in [6.45, 7) is 6.29. The van der Waals surface area contributed by atoms with Crippen LogP contribution in [0.5, 0.6) is 11.5 Å². The van der Waals surface area contributed by atoms with Gasteiger partial charge in [0.2, 0.25) is 0 Å². The van der Waals surface area contributed by atoms with Gasteiger partial charge >= 0.3 is 0 Å². The summed E-state index contributed by atoms with van der Waals surface area (Å²) in [6, 6.07) is 3.18. The van der Waals surface area contributed by atoms with Crippen LogP contribution in [0.4, 0.5) is 0 Å². The van der Waals surface area contributed by atoms with Crippen molar-refractivity contribution in [2.75, 3.05) is 13.7 Å². The molecule has 0 aliphatic carbocycles. The number of carbonyl (C=O) groups excluding carboxylic acids is 2. The van der Waals surface area contributed by atoms with Crippen molar-refractivity contribution >= 4 is 28.1 Å². The van der Waals surface area contributed by atoms with Gasteiger partial charge in [0.25, 0.3) is 5.91 Å². The number of hydrogen-bond acceptors (Lipinski definition) is 4. The van der Waals surface area contributed by atoms with Gasteiger partial charge in [0.15, 0.2) is 17.6 Å². The maximum Gasteiger partial charge on any atom is 0.260 e. The molecule has 0 fully saturated rings. The Labute approximate surface area is 133 Å². The molecule has 0 radical (unpaired) electrons. The lowest BCUT2D eigenvalue weighted by Crippen LogP contribution is -2.38. The van der Waals surface area contributed by atoms with Crippen molar-refractivity contribution in [1.29, 1.82) is 0 Å². The number of rotatable bonds is 7. The number of ether oxygens (including phenoxy) is 2. The molecule has 1 N–H and O–H groups in total. The third-order valence-electron chi connectivity index (χ3n) is 2.74.